The van der Waals surface area contributed by atoms with Gasteiger partial charge in [0.1, 0.15) is 18.0 Å². The van der Waals surface area contributed by atoms with Gasteiger partial charge in [-0.3, -0.25) is 4.79 Å². The molecule has 0 amide bonds. The second kappa shape index (κ2) is 3.70. The van der Waals surface area contributed by atoms with Crippen LogP contribution in [0.3, 0.4) is 0 Å². The SMILES string of the molecule is O=c1cc2oc3ccccc3cc-2c(CF)c1. The summed E-state index contributed by atoms with van der Waals surface area (Å²) >= 11 is 0. The van der Waals surface area contributed by atoms with E-state index in [0.29, 0.717) is 22.5 Å². The van der Waals surface area contributed by atoms with E-state index in [-0.39, 0.29) is 5.43 Å². The molecule has 0 atom stereocenters. The van der Waals surface area contributed by atoms with Crippen molar-refractivity contribution in [1.29, 1.82) is 0 Å². The third-order valence-electron chi connectivity index (χ3n) is 2.78. The lowest BCUT2D eigenvalue weighted by Gasteiger charge is -2.09. The van der Waals surface area contributed by atoms with Gasteiger partial charge in [0, 0.05) is 17.0 Å². The van der Waals surface area contributed by atoms with Gasteiger partial charge >= 0.3 is 0 Å². The van der Waals surface area contributed by atoms with Crippen molar-refractivity contribution in [3.63, 3.8) is 0 Å². The minimum atomic E-state index is -0.666. The molecule has 0 saturated carbocycles. The number of benzene rings is 2. The van der Waals surface area contributed by atoms with Gasteiger partial charge in [0.05, 0.1) is 0 Å². The van der Waals surface area contributed by atoms with Gasteiger partial charge < -0.3 is 4.42 Å². The predicted molar refractivity (Wildman–Crippen MR) is 63.9 cm³/mol. The monoisotopic (exact) mass is 228 g/mol. The molecule has 0 unspecified atom stereocenters. The van der Waals surface area contributed by atoms with E-state index in [1.54, 1.807) is 0 Å². The van der Waals surface area contributed by atoms with E-state index in [4.69, 9.17) is 4.42 Å². The minimum Gasteiger partial charge on any atom is -0.456 e. The Morgan fingerprint density at radius 3 is 2.76 bits per heavy atom. The fourth-order valence-electron chi connectivity index (χ4n) is 1.98. The average molecular weight is 228 g/mol. The van der Waals surface area contributed by atoms with Gasteiger partial charge in [0.25, 0.3) is 0 Å². The van der Waals surface area contributed by atoms with Crippen LogP contribution in [0.2, 0.25) is 0 Å². The number of fused-ring (bicyclic) bond motifs is 2. The van der Waals surface area contributed by atoms with Gasteiger partial charge in [-0.1, -0.05) is 18.2 Å². The fraction of sp³-hybridized carbons (Fsp3) is 0.0714. The maximum Gasteiger partial charge on any atom is 0.182 e. The number of hydrogen-bond donors (Lipinski definition) is 0. The Balaban J connectivity index is 2.47. The molecule has 0 bridgehead atoms. The molecular weight excluding hydrogens is 219 g/mol. The normalized spacial score (nSPS) is 11.1. The first-order valence-corrected chi connectivity index (χ1v) is 5.29. The summed E-state index contributed by atoms with van der Waals surface area (Å²) in [4.78, 5) is 11.4. The summed E-state index contributed by atoms with van der Waals surface area (Å²) in [5, 5.41) is 0.897. The van der Waals surface area contributed by atoms with Crippen LogP contribution in [-0.2, 0) is 6.67 Å². The van der Waals surface area contributed by atoms with E-state index in [0.717, 1.165) is 5.39 Å². The van der Waals surface area contributed by atoms with Crippen LogP contribution >= 0.6 is 0 Å². The summed E-state index contributed by atoms with van der Waals surface area (Å²) in [6, 6.07) is 12.0. The smallest absolute Gasteiger partial charge is 0.182 e. The highest BCUT2D eigenvalue weighted by Gasteiger charge is 2.12. The summed E-state index contributed by atoms with van der Waals surface area (Å²) in [6.45, 7) is -0.666. The molecule has 1 aliphatic carbocycles. The number of rotatable bonds is 1. The molecule has 0 aromatic heterocycles. The van der Waals surface area contributed by atoms with Crippen LogP contribution in [0.15, 0.2) is 51.7 Å². The number of alkyl halides is 1. The van der Waals surface area contributed by atoms with E-state index < -0.39 is 6.67 Å². The zero-order chi connectivity index (χ0) is 11.8. The van der Waals surface area contributed by atoms with E-state index >= 15 is 0 Å². The quantitative estimate of drug-likeness (QED) is 0.598. The lowest BCUT2D eigenvalue weighted by Crippen LogP contribution is -2.02. The van der Waals surface area contributed by atoms with Gasteiger partial charge in [-0.25, -0.2) is 4.39 Å². The third kappa shape index (κ3) is 1.60. The summed E-state index contributed by atoms with van der Waals surface area (Å²) in [5.74, 6) is 0.434. The molecular formula is C14H9FO2. The minimum absolute atomic E-state index is 0.232. The zero-order valence-corrected chi connectivity index (χ0v) is 8.94. The number of halogens is 1. The molecule has 1 aromatic carbocycles. The average Bonchev–Trinajstić information content (AvgIpc) is 2.35. The number of para-hydroxylation sites is 1. The van der Waals surface area contributed by atoms with Crippen LogP contribution in [0, 0.1) is 0 Å². The lowest BCUT2D eigenvalue weighted by atomic mass is 10.0. The fourth-order valence-corrected chi connectivity index (χ4v) is 1.98. The molecule has 3 rings (SSSR count). The molecule has 0 fully saturated rings. The maximum atomic E-state index is 12.9. The Bertz CT molecular complexity index is 715. The van der Waals surface area contributed by atoms with E-state index in [2.05, 4.69) is 0 Å². The van der Waals surface area contributed by atoms with E-state index in [1.165, 1.54) is 12.1 Å². The van der Waals surface area contributed by atoms with Gasteiger partial charge in [0.15, 0.2) is 5.43 Å². The van der Waals surface area contributed by atoms with Gasteiger partial charge in [-0.2, -0.15) is 0 Å². The first-order valence-electron chi connectivity index (χ1n) is 5.29. The first kappa shape index (κ1) is 10.0. The van der Waals surface area contributed by atoms with E-state index in [9.17, 15) is 9.18 Å². The highest BCUT2D eigenvalue weighted by Crippen LogP contribution is 2.29. The van der Waals surface area contributed by atoms with Gasteiger partial charge in [-0.05, 0) is 23.8 Å². The van der Waals surface area contributed by atoms with Crippen LogP contribution in [0.1, 0.15) is 5.56 Å². The Morgan fingerprint density at radius 2 is 1.94 bits per heavy atom. The molecule has 0 saturated heterocycles. The van der Waals surface area contributed by atoms with Crippen molar-refractivity contribution in [2.75, 3.05) is 0 Å². The van der Waals surface area contributed by atoms with Crippen LogP contribution in [0.4, 0.5) is 4.39 Å². The third-order valence-corrected chi connectivity index (χ3v) is 2.78. The van der Waals surface area contributed by atoms with Crippen molar-refractivity contribution in [2.45, 2.75) is 6.67 Å². The van der Waals surface area contributed by atoms with Crippen molar-refractivity contribution >= 4 is 11.0 Å². The second-order valence-corrected chi connectivity index (χ2v) is 3.91. The topological polar surface area (TPSA) is 30.2 Å². The molecule has 2 aliphatic rings. The molecule has 3 heteroatoms. The highest BCUT2D eigenvalue weighted by atomic mass is 19.1. The van der Waals surface area contributed by atoms with Crippen LogP contribution < -0.4 is 5.43 Å². The Hall–Kier alpha value is -2.16. The molecule has 17 heavy (non-hydrogen) atoms. The zero-order valence-electron chi connectivity index (χ0n) is 8.94. The van der Waals surface area contributed by atoms with Crippen molar-refractivity contribution < 1.29 is 8.81 Å². The maximum absolute atomic E-state index is 12.9. The Labute approximate surface area is 96.6 Å². The molecule has 0 N–H and O–H groups in total. The van der Waals surface area contributed by atoms with Gasteiger partial charge in [-0.15, -0.1) is 0 Å². The van der Waals surface area contributed by atoms with E-state index in [1.807, 2.05) is 30.3 Å². The van der Waals surface area contributed by atoms with Crippen molar-refractivity contribution in [3.05, 3.63) is 58.3 Å². The molecule has 84 valence electrons. The molecule has 1 aliphatic heterocycles. The Morgan fingerprint density at radius 1 is 1.12 bits per heavy atom. The largest absolute Gasteiger partial charge is 0.456 e. The van der Waals surface area contributed by atoms with Crippen LogP contribution in [-0.4, -0.2) is 0 Å². The summed E-state index contributed by atoms with van der Waals surface area (Å²) in [5.41, 5.74) is 1.49. The first-order chi connectivity index (χ1) is 8.28. The van der Waals surface area contributed by atoms with Crippen molar-refractivity contribution in [1.82, 2.24) is 0 Å². The van der Waals surface area contributed by atoms with Crippen molar-refractivity contribution in [3.8, 4) is 11.3 Å². The highest BCUT2D eigenvalue weighted by molar-refractivity contribution is 5.83. The number of hydrogen-bond acceptors (Lipinski definition) is 2. The van der Waals surface area contributed by atoms with Crippen LogP contribution in [0.5, 0.6) is 0 Å². The summed E-state index contributed by atoms with van der Waals surface area (Å²) < 4.78 is 18.5. The summed E-state index contributed by atoms with van der Waals surface area (Å²) in [6.07, 6.45) is 0. The van der Waals surface area contributed by atoms with Crippen molar-refractivity contribution in [2.24, 2.45) is 0 Å². The molecule has 0 spiro atoms. The molecule has 1 heterocycles. The molecule has 2 nitrogen and oxygen atoms in total. The van der Waals surface area contributed by atoms with Gasteiger partial charge in [0.2, 0.25) is 0 Å². The predicted octanol–water partition coefficient (Wildman–Crippen LogP) is 3.37. The molecule has 1 aromatic rings. The van der Waals surface area contributed by atoms with Crippen LogP contribution in [0.25, 0.3) is 22.3 Å². The summed E-state index contributed by atoms with van der Waals surface area (Å²) in [7, 11) is 0. The standard InChI is InChI=1S/C14H9FO2/c15-8-10-5-11(16)7-14-12(10)6-9-3-1-2-4-13(9)17-14/h1-7H,8H2. The molecule has 0 radical (unpaired) electrons. The second-order valence-electron chi connectivity index (χ2n) is 3.91. The Kier molecular flexibility index (Phi) is 2.18. The lowest BCUT2D eigenvalue weighted by molar-refractivity contribution is 0.484.